The van der Waals surface area contributed by atoms with Gasteiger partial charge >= 0.3 is 0 Å². The van der Waals surface area contributed by atoms with Crippen LogP contribution in [0.2, 0.25) is 0 Å². The molecule has 7 heteroatoms. The van der Waals surface area contributed by atoms with Gasteiger partial charge in [0.05, 0.1) is 5.69 Å². The number of aromatic amines is 1. The molecule has 3 aromatic heterocycles. The Morgan fingerprint density at radius 1 is 1.22 bits per heavy atom. The smallest absolute Gasteiger partial charge is 0.272 e. The molecule has 1 amide bonds. The lowest BCUT2D eigenvalue weighted by molar-refractivity contribution is 0.0946. The number of amides is 1. The molecule has 1 aromatic carbocycles. The van der Waals surface area contributed by atoms with Crippen LogP contribution in [-0.2, 0) is 6.54 Å². The molecule has 0 saturated heterocycles. The van der Waals surface area contributed by atoms with Gasteiger partial charge in [0.25, 0.3) is 5.91 Å². The number of rotatable bonds is 5. The molecule has 4 rings (SSSR count). The normalized spacial score (nSPS) is 10.9. The summed E-state index contributed by atoms with van der Waals surface area (Å²) in [5, 5.41) is 9.85. The van der Waals surface area contributed by atoms with Gasteiger partial charge < -0.3 is 14.3 Å². The van der Waals surface area contributed by atoms with Gasteiger partial charge in [-0.3, -0.25) is 9.89 Å². The third kappa shape index (κ3) is 3.39. The Kier molecular flexibility index (Phi) is 4.33. The lowest BCUT2D eigenvalue weighted by Crippen LogP contribution is -2.24. The number of hydrogen-bond donors (Lipinski definition) is 2. The number of furan rings is 1. The summed E-state index contributed by atoms with van der Waals surface area (Å²) in [5.41, 5.74) is 2.96. The van der Waals surface area contributed by atoms with E-state index in [0.29, 0.717) is 23.7 Å². The predicted molar refractivity (Wildman–Crippen MR) is 100 cm³/mol. The average Bonchev–Trinajstić information content (AvgIpc) is 3.40. The SMILES string of the molecule is Cc1ccc(-c2cc(C(=O)NCc3ccccc3-n3ccnc3C)n[nH]2)o1. The van der Waals surface area contributed by atoms with E-state index in [4.69, 9.17) is 4.42 Å². The highest BCUT2D eigenvalue weighted by Gasteiger charge is 2.14. The first-order valence-electron chi connectivity index (χ1n) is 8.60. The second kappa shape index (κ2) is 6.95. The third-order valence-corrected chi connectivity index (χ3v) is 4.33. The average molecular weight is 361 g/mol. The highest BCUT2D eigenvalue weighted by Crippen LogP contribution is 2.20. The number of imidazole rings is 1. The van der Waals surface area contributed by atoms with E-state index in [1.165, 1.54) is 0 Å². The van der Waals surface area contributed by atoms with Crippen molar-refractivity contribution in [1.82, 2.24) is 25.1 Å². The maximum atomic E-state index is 12.5. The Hall–Kier alpha value is -3.61. The largest absolute Gasteiger partial charge is 0.460 e. The summed E-state index contributed by atoms with van der Waals surface area (Å²) < 4.78 is 7.54. The Morgan fingerprint density at radius 3 is 2.81 bits per heavy atom. The Balaban J connectivity index is 1.49. The number of hydrogen-bond acceptors (Lipinski definition) is 4. The molecule has 3 heterocycles. The van der Waals surface area contributed by atoms with E-state index in [-0.39, 0.29) is 5.91 Å². The zero-order valence-electron chi connectivity index (χ0n) is 15.1. The fraction of sp³-hybridized carbons (Fsp3) is 0.150. The van der Waals surface area contributed by atoms with Gasteiger partial charge in [0.15, 0.2) is 11.5 Å². The summed E-state index contributed by atoms with van der Waals surface area (Å²) in [6.07, 6.45) is 3.66. The Morgan fingerprint density at radius 2 is 2.07 bits per heavy atom. The molecule has 0 radical (unpaired) electrons. The lowest BCUT2D eigenvalue weighted by Gasteiger charge is -2.12. The van der Waals surface area contributed by atoms with Crippen molar-refractivity contribution in [1.29, 1.82) is 0 Å². The summed E-state index contributed by atoms with van der Waals surface area (Å²) >= 11 is 0. The molecule has 0 aliphatic heterocycles. The van der Waals surface area contributed by atoms with Crippen molar-refractivity contribution in [3.63, 3.8) is 0 Å². The van der Waals surface area contributed by atoms with E-state index in [1.54, 1.807) is 12.3 Å². The van der Waals surface area contributed by atoms with Gasteiger partial charge in [0, 0.05) is 25.0 Å². The Labute approximate surface area is 156 Å². The summed E-state index contributed by atoms with van der Waals surface area (Å²) in [6, 6.07) is 13.3. The minimum Gasteiger partial charge on any atom is -0.460 e. The van der Waals surface area contributed by atoms with Crippen LogP contribution in [0.5, 0.6) is 0 Å². The van der Waals surface area contributed by atoms with Gasteiger partial charge in [-0.2, -0.15) is 5.10 Å². The van der Waals surface area contributed by atoms with Crippen LogP contribution in [0.1, 0.15) is 27.6 Å². The van der Waals surface area contributed by atoms with Crippen molar-refractivity contribution < 1.29 is 9.21 Å². The molecule has 0 unspecified atom stereocenters. The van der Waals surface area contributed by atoms with Crippen LogP contribution in [0.25, 0.3) is 17.1 Å². The molecule has 7 nitrogen and oxygen atoms in total. The molecule has 0 saturated carbocycles. The zero-order chi connectivity index (χ0) is 18.8. The Bertz CT molecular complexity index is 1090. The number of aromatic nitrogens is 4. The molecule has 0 spiro atoms. The number of carbonyl (C=O) groups is 1. The van der Waals surface area contributed by atoms with Gasteiger partial charge in [-0.15, -0.1) is 0 Å². The summed E-state index contributed by atoms with van der Waals surface area (Å²) in [5.74, 6) is 2.09. The molecule has 0 bridgehead atoms. The van der Waals surface area contributed by atoms with Crippen molar-refractivity contribution in [2.24, 2.45) is 0 Å². The van der Waals surface area contributed by atoms with E-state index in [0.717, 1.165) is 22.8 Å². The van der Waals surface area contributed by atoms with Crippen LogP contribution >= 0.6 is 0 Å². The molecule has 0 fully saturated rings. The van der Waals surface area contributed by atoms with E-state index in [9.17, 15) is 4.79 Å². The maximum absolute atomic E-state index is 12.5. The van der Waals surface area contributed by atoms with Crippen LogP contribution in [0, 0.1) is 13.8 Å². The van der Waals surface area contributed by atoms with Gasteiger partial charge in [-0.05, 0) is 37.6 Å². The van der Waals surface area contributed by atoms with Crippen molar-refractivity contribution in [3.05, 3.63) is 77.7 Å². The molecule has 0 aliphatic rings. The number of benzene rings is 1. The first-order valence-corrected chi connectivity index (χ1v) is 8.60. The number of para-hydroxylation sites is 1. The van der Waals surface area contributed by atoms with Crippen molar-refractivity contribution in [3.8, 4) is 17.1 Å². The van der Waals surface area contributed by atoms with Gasteiger partial charge in [-0.25, -0.2) is 4.98 Å². The summed E-state index contributed by atoms with van der Waals surface area (Å²) in [7, 11) is 0. The van der Waals surface area contributed by atoms with E-state index >= 15 is 0 Å². The zero-order valence-corrected chi connectivity index (χ0v) is 15.1. The van der Waals surface area contributed by atoms with Crippen LogP contribution in [0.15, 0.2) is 59.3 Å². The molecular formula is C20H19N5O2. The van der Waals surface area contributed by atoms with Gasteiger partial charge in [0.1, 0.15) is 17.3 Å². The molecule has 2 N–H and O–H groups in total. The number of nitrogens with zero attached hydrogens (tertiary/aromatic N) is 3. The number of H-pyrrole nitrogens is 1. The molecular weight excluding hydrogens is 342 g/mol. The minimum absolute atomic E-state index is 0.252. The standard InChI is InChI=1S/C20H19N5O2/c1-13-7-8-19(27-13)16-11-17(24-23-16)20(26)22-12-15-5-3-4-6-18(15)25-10-9-21-14(25)2/h3-11H,12H2,1-2H3,(H,22,26)(H,23,24). The summed E-state index contributed by atoms with van der Waals surface area (Å²) in [4.78, 5) is 16.8. The lowest BCUT2D eigenvalue weighted by atomic mass is 10.1. The monoisotopic (exact) mass is 361 g/mol. The second-order valence-corrected chi connectivity index (χ2v) is 6.23. The number of aryl methyl sites for hydroxylation is 2. The second-order valence-electron chi connectivity index (χ2n) is 6.23. The molecule has 0 aliphatic carbocycles. The number of carbonyl (C=O) groups excluding carboxylic acids is 1. The molecule has 4 aromatic rings. The molecule has 136 valence electrons. The number of nitrogens with one attached hydrogen (secondary N) is 2. The van der Waals surface area contributed by atoms with Crippen LogP contribution < -0.4 is 5.32 Å². The topological polar surface area (TPSA) is 88.7 Å². The van der Waals surface area contributed by atoms with Crippen LogP contribution in [0.4, 0.5) is 0 Å². The quantitative estimate of drug-likeness (QED) is 0.570. The van der Waals surface area contributed by atoms with Gasteiger partial charge in [-0.1, -0.05) is 18.2 Å². The van der Waals surface area contributed by atoms with E-state index in [2.05, 4.69) is 20.5 Å². The minimum atomic E-state index is -0.252. The maximum Gasteiger partial charge on any atom is 0.272 e. The first-order chi connectivity index (χ1) is 13.1. The molecule has 27 heavy (non-hydrogen) atoms. The fourth-order valence-electron chi connectivity index (χ4n) is 2.94. The van der Waals surface area contributed by atoms with Crippen molar-refractivity contribution in [2.75, 3.05) is 0 Å². The van der Waals surface area contributed by atoms with Crippen LogP contribution in [-0.4, -0.2) is 25.7 Å². The van der Waals surface area contributed by atoms with Crippen LogP contribution in [0.3, 0.4) is 0 Å². The summed E-state index contributed by atoms with van der Waals surface area (Å²) in [6.45, 7) is 4.19. The predicted octanol–water partition coefficient (Wildman–Crippen LogP) is 3.40. The van der Waals surface area contributed by atoms with E-state index in [1.807, 2.05) is 61.0 Å². The first kappa shape index (κ1) is 16.8. The highest BCUT2D eigenvalue weighted by atomic mass is 16.3. The van der Waals surface area contributed by atoms with Gasteiger partial charge in [0.2, 0.25) is 0 Å². The van der Waals surface area contributed by atoms with Crippen molar-refractivity contribution in [2.45, 2.75) is 20.4 Å². The third-order valence-electron chi connectivity index (χ3n) is 4.33. The highest BCUT2D eigenvalue weighted by molar-refractivity contribution is 5.93. The van der Waals surface area contributed by atoms with E-state index < -0.39 is 0 Å². The van der Waals surface area contributed by atoms with Crippen molar-refractivity contribution >= 4 is 5.91 Å². The fourth-order valence-corrected chi connectivity index (χ4v) is 2.94. The molecule has 0 atom stereocenters.